The number of rotatable bonds is 8. The van der Waals surface area contributed by atoms with Crippen molar-refractivity contribution in [3.8, 4) is 17.2 Å². The summed E-state index contributed by atoms with van der Waals surface area (Å²) in [5, 5.41) is 11.3. The van der Waals surface area contributed by atoms with Crippen molar-refractivity contribution in [1.82, 2.24) is 4.98 Å². The zero-order chi connectivity index (χ0) is 21.8. The predicted molar refractivity (Wildman–Crippen MR) is 117 cm³/mol. The first kappa shape index (κ1) is 21.4. The summed E-state index contributed by atoms with van der Waals surface area (Å²) in [5.74, 6) is 1.76. The fourth-order valence-corrected chi connectivity index (χ4v) is 3.91. The maximum Gasteiger partial charge on any atom is 0.188 e. The van der Waals surface area contributed by atoms with Gasteiger partial charge in [0, 0.05) is 19.1 Å². The van der Waals surface area contributed by atoms with E-state index >= 15 is 0 Å². The first-order chi connectivity index (χ1) is 15.1. The van der Waals surface area contributed by atoms with Crippen LogP contribution in [0.1, 0.15) is 34.1 Å². The number of aryl methyl sites for hydroxylation is 1. The summed E-state index contributed by atoms with van der Waals surface area (Å²) in [6.45, 7) is 3.00. The van der Waals surface area contributed by atoms with Crippen LogP contribution in [-0.2, 0) is 17.8 Å². The monoisotopic (exact) mass is 441 g/mol. The molecule has 4 rings (SSSR count). The minimum atomic E-state index is -0.951. The van der Waals surface area contributed by atoms with E-state index in [0.717, 1.165) is 22.3 Å². The third-order valence-corrected chi connectivity index (χ3v) is 5.42. The predicted octanol–water partition coefficient (Wildman–Crippen LogP) is 4.62. The van der Waals surface area contributed by atoms with E-state index in [1.807, 2.05) is 43.3 Å². The number of ether oxygens (including phenoxy) is 4. The van der Waals surface area contributed by atoms with E-state index in [4.69, 9.17) is 30.5 Å². The third-order valence-electron chi connectivity index (χ3n) is 5.15. The second-order valence-corrected chi connectivity index (χ2v) is 7.62. The molecule has 2 heterocycles. The Kier molecular flexibility index (Phi) is 6.61. The van der Waals surface area contributed by atoms with Gasteiger partial charge in [-0.15, -0.1) is 0 Å². The van der Waals surface area contributed by atoms with Crippen LogP contribution in [0.25, 0.3) is 0 Å². The van der Waals surface area contributed by atoms with Gasteiger partial charge in [0.05, 0.1) is 12.3 Å². The molecule has 3 aromatic rings. The van der Waals surface area contributed by atoms with Gasteiger partial charge in [-0.2, -0.15) is 0 Å². The number of hydrogen-bond acceptors (Lipinski definition) is 6. The number of nitrogens with zero attached hydrogens (tertiary/aromatic N) is 1. The number of halogens is 1. The molecule has 0 radical (unpaired) electrons. The van der Waals surface area contributed by atoms with Crippen LogP contribution in [0.2, 0.25) is 5.15 Å². The van der Waals surface area contributed by atoms with E-state index in [-0.39, 0.29) is 11.9 Å². The fourth-order valence-electron chi connectivity index (χ4n) is 3.70. The van der Waals surface area contributed by atoms with Crippen molar-refractivity contribution >= 4 is 11.6 Å². The lowest BCUT2D eigenvalue weighted by atomic mass is 9.93. The molecular weight excluding hydrogens is 418 g/mol. The molecule has 6 nitrogen and oxygen atoms in total. The van der Waals surface area contributed by atoms with Gasteiger partial charge in [-0.05, 0) is 41.8 Å². The van der Waals surface area contributed by atoms with Crippen molar-refractivity contribution in [1.29, 1.82) is 0 Å². The van der Waals surface area contributed by atoms with Crippen LogP contribution in [0.4, 0.5) is 0 Å². The van der Waals surface area contributed by atoms with Crippen molar-refractivity contribution < 1.29 is 24.1 Å². The summed E-state index contributed by atoms with van der Waals surface area (Å²) in [6.07, 6.45) is -0.263. The molecule has 1 unspecified atom stereocenters. The number of hydrogen-bond donors (Lipinski definition) is 1. The summed E-state index contributed by atoms with van der Waals surface area (Å²) in [7, 11) is 1.53. The van der Waals surface area contributed by atoms with Crippen molar-refractivity contribution in [2.24, 2.45) is 0 Å². The Balaban J connectivity index is 1.62. The summed E-state index contributed by atoms with van der Waals surface area (Å²) in [4.78, 5) is 4.33. The average molecular weight is 442 g/mol. The largest absolute Gasteiger partial charge is 0.489 e. The first-order valence-electron chi connectivity index (χ1n) is 10.0. The normalized spacial score (nSPS) is 13.4. The van der Waals surface area contributed by atoms with Crippen molar-refractivity contribution in [3.63, 3.8) is 0 Å². The average Bonchev–Trinajstić information content (AvgIpc) is 3.26. The molecule has 0 saturated carbocycles. The summed E-state index contributed by atoms with van der Waals surface area (Å²) < 4.78 is 22.2. The van der Waals surface area contributed by atoms with Gasteiger partial charge in [-0.1, -0.05) is 41.9 Å². The minimum Gasteiger partial charge on any atom is -0.489 e. The first-order valence-corrected chi connectivity index (χ1v) is 10.4. The van der Waals surface area contributed by atoms with Crippen molar-refractivity contribution in [3.05, 3.63) is 81.6 Å². The second-order valence-electron chi connectivity index (χ2n) is 7.26. The molecule has 1 aliphatic rings. The number of aliphatic hydroxyl groups excluding tert-OH is 1. The zero-order valence-electron chi connectivity index (χ0n) is 17.4. The number of fused-ring (bicyclic) bond motifs is 1. The molecular formula is C24H24ClNO5. The maximum atomic E-state index is 11.1. The molecule has 0 fully saturated rings. The van der Waals surface area contributed by atoms with Crippen LogP contribution in [0.5, 0.6) is 17.2 Å². The van der Waals surface area contributed by atoms with Gasteiger partial charge in [0.2, 0.25) is 0 Å². The Morgan fingerprint density at radius 2 is 1.94 bits per heavy atom. The molecule has 0 bridgehead atoms. The van der Waals surface area contributed by atoms with E-state index in [2.05, 4.69) is 4.98 Å². The zero-order valence-corrected chi connectivity index (χ0v) is 18.2. The minimum absolute atomic E-state index is 0.0672. The SMILES string of the molecule is COCOc1ccc(C(O)c2c(C)cc(OCc3ccccc3)c3c2CCO3)nc1Cl. The number of pyridine rings is 1. The molecule has 1 aromatic heterocycles. The molecule has 31 heavy (non-hydrogen) atoms. The fraction of sp³-hybridized carbons (Fsp3) is 0.292. The molecule has 162 valence electrons. The highest BCUT2D eigenvalue weighted by Crippen LogP contribution is 2.43. The maximum absolute atomic E-state index is 11.1. The highest BCUT2D eigenvalue weighted by Gasteiger charge is 2.28. The van der Waals surface area contributed by atoms with E-state index in [1.54, 1.807) is 12.1 Å². The lowest BCUT2D eigenvalue weighted by Crippen LogP contribution is -2.09. The Bertz CT molecular complexity index is 1060. The number of benzene rings is 2. The van der Waals surface area contributed by atoms with Crippen molar-refractivity contribution in [2.45, 2.75) is 26.1 Å². The highest BCUT2D eigenvalue weighted by molar-refractivity contribution is 6.30. The van der Waals surface area contributed by atoms with Crippen LogP contribution >= 0.6 is 11.6 Å². The summed E-state index contributed by atoms with van der Waals surface area (Å²) in [6, 6.07) is 15.2. The van der Waals surface area contributed by atoms with Crippen LogP contribution < -0.4 is 14.2 Å². The van der Waals surface area contributed by atoms with E-state index in [0.29, 0.717) is 42.6 Å². The highest BCUT2D eigenvalue weighted by atomic mass is 35.5. The molecule has 7 heteroatoms. The van der Waals surface area contributed by atoms with Crippen LogP contribution in [-0.4, -0.2) is 30.6 Å². The molecule has 0 aliphatic carbocycles. The molecule has 0 amide bonds. The van der Waals surface area contributed by atoms with E-state index < -0.39 is 6.10 Å². The Morgan fingerprint density at radius 3 is 2.68 bits per heavy atom. The number of aliphatic hydroxyl groups is 1. The summed E-state index contributed by atoms with van der Waals surface area (Å²) in [5.41, 5.74) is 4.12. The Hall–Kier alpha value is -2.80. The topological polar surface area (TPSA) is 70.0 Å². The Morgan fingerprint density at radius 1 is 1.13 bits per heavy atom. The van der Waals surface area contributed by atoms with Gasteiger partial charge in [0.25, 0.3) is 0 Å². The molecule has 1 aliphatic heterocycles. The van der Waals surface area contributed by atoms with Gasteiger partial charge in [0.1, 0.15) is 12.7 Å². The quantitative estimate of drug-likeness (QED) is 0.406. The lowest BCUT2D eigenvalue weighted by Gasteiger charge is -2.20. The van der Waals surface area contributed by atoms with Gasteiger partial charge < -0.3 is 24.1 Å². The van der Waals surface area contributed by atoms with Crippen LogP contribution in [0, 0.1) is 6.92 Å². The van der Waals surface area contributed by atoms with Gasteiger partial charge >= 0.3 is 0 Å². The van der Waals surface area contributed by atoms with E-state index in [1.165, 1.54) is 7.11 Å². The molecule has 0 spiro atoms. The van der Waals surface area contributed by atoms with Crippen LogP contribution in [0.3, 0.4) is 0 Å². The molecule has 1 atom stereocenters. The lowest BCUT2D eigenvalue weighted by molar-refractivity contribution is 0.0508. The number of aromatic nitrogens is 1. The van der Waals surface area contributed by atoms with E-state index in [9.17, 15) is 5.11 Å². The number of methoxy groups -OCH3 is 1. The van der Waals surface area contributed by atoms with Crippen LogP contribution in [0.15, 0.2) is 48.5 Å². The Labute approximate surface area is 186 Å². The third kappa shape index (κ3) is 4.61. The molecule has 0 saturated heterocycles. The standard InChI is InChI=1S/C24H24ClNO5/c1-15-12-20(30-13-16-6-4-3-5-7-16)23-17(10-11-29-23)21(15)22(27)18-8-9-19(24(25)26-18)31-14-28-2/h3-9,12,22,27H,10-11,13-14H2,1-2H3. The molecule has 1 N–H and O–H groups in total. The van der Waals surface area contributed by atoms with Gasteiger partial charge in [-0.25, -0.2) is 4.98 Å². The molecule has 2 aromatic carbocycles. The smallest absolute Gasteiger partial charge is 0.188 e. The summed E-state index contributed by atoms with van der Waals surface area (Å²) >= 11 is 6.23. The van der Waals surface area contributed by atoms with Gasteiger partial charge in [-0.3, -0.25) is 0 Å². The second kappa shape index (κ2) is 9.56. The van der Waals surface area contributed by atoms with Crippen molar-refractivity contribution in [2.75, 3.05) is 20.5 Å². The van der Waals surface area contributed by atoms with Gasteiger partial charge in [0.15, 0.2) is 29.2 Å².